The minimum Gasteiger partial charge on any atom is -0.459 e. The van der Waals surface area contributed by atoms with Gasteiger partial charge in [-0.2, -0.15) is 12.6 Å². The molecule has 13 heavy (non-hydrogen) atoms. The lowest BCUT2D eigenvalue weighted by molar-refractivity contribution is -0.151. The third kappa shape index (κ3) is 6.90. The number of carbonyl (C=O) groups is 1. The summed E-state index contributed by atoms with van der Waals surface area (Å²) in [6.07, 6.45) is 0.326. The van der Waals surface area contributed by atoms with Gasteiger partial charge in [-0.3, -0.25) is 4.79 Å². The highest BCUT2D eigenvalue weighted by Crippen LogP contribution is 2.01. The maximum atomic E-state index is 10.9. The first kappa shape index (κ1) is 12.8. The van der Waals surface area contributed by atoms with Crippen LogP contribution in [0.5, 0.6) is 0 Å². The maximum absolute atomic E-state index is 10.9. The lowest BCUT2D eigenvalue weighted by atomic mass is 10.4. The number of hydrogen-bond acceptors (Lipinski definition) is 4. The average Bonchev–Trinajstić information content (AvgIpc) is 2.11. The van der Waals surface area contributed by atoms with Crippen molar-refractivity contribution in [2.24, 2.45) is 0 Å². The van der Waals surface area contributed by atoms with Crippen LogP contribution in [0.25, 0.3) is 0 Å². The van der Waals surface area contributed by atoms with E-state index in [1.807, 2.05) is 13.8 Å². The van der Waals surface area contributed by atoms with Crippen molar-refractivity contribution in [3.05, 3.63) is 0 Å². The molecular weight excluding hydrogens is 188 g/mol. The van der Waals surface area contributed by atoms with Crippen LogP contribution < -0.4 is 0 Å². The number of rotatable bonds is 6. The van der Waals surface area contributed by atoms with E-state index in [1.165, 1.54) is 0 Å². The van der Waals surface area contributed by atoms with E-state index in [-0.39, 0.29) is 18.2 Å². The molecule has 0 aromatic heterocycles. The molecule has 0 saturated carbocycles. The van der Waals surface area contributed by atoms with Gasteiger partial charge >= 0.3 is 5.97 Å². The molecule has 1 atom stereocenters. The Morgan fingerprint density at radius 2 is 2.08 bits per heavy atom. The molecule has 0 aliphatic rings. The second-order valence-corrected chi connectivity index (χ2v) is 3.40. The second-order valence-electron chi connectivity index (χ2n) is 3.03. The average molecular weight is 206 g/mol. The summed E-state index contributed by atoms with van der Waals surface area (Å²) in [6.45, 7) is 6.07. The van der Waals surface area contributed by atoms with Gasteiger partial charge in [-0.25, -0.2) is 0 Å². The summed E-state index contributed by atoms with van der Waals surface area (Å²) in [6, 6.07) is 0. The molecule has 0 aliphatic heterocycles. The van der Waals surface area contributed by atoms with Crippen molar-refractivity contribution in [3.8, 4) is 0 Å². The predicted octanol–water partition coefficient (Wildman–Crippen LogP) is 1.66. The maximum Gasteiger partial charge on any atom is 0.305 e. The Kier molecular flexibility index (Phi) is 7.09. The Balaban J connectivity index is 3.69. The van der Waals surface area contributed by atoms with Crippen molar-refractivity contribution in [1.29, 1.82) is 0 Å². The Morgan fingerprint density at radius 1 is 1.46 bits per heavy atom. The molecule has 0 fully saturated rings. The molecule has 4 heteroatoms. The van der Waals surface area contributed by atoms with E-state index in [2.05, 4.69) is 12.6 Å². The monoisotopic (exact) mass is 206 g/mol. The Hall–Kier alpha value is -0.220. The summed E-state index contributed by atoms with van der Waals surface area (Å²) in [5.41, 5.74) is 0. The molecule has 3 nitrogen and oxygen atoms in total. The van der Waals surface area contributed by atoms with Crippen LogP contribution in [0.3, 0.4) is 0 Å². The zero-order valence-corrected chi connectivity index (χ0v) is 9.34. The molecule has 0 saturated heterocycles. The van der Waals surface area contributed by atoms with Crippen molar-refractivity contribution in [1.82, 2.24) is 0 Å². The smallest absolute Gasteiger partial charge is 0.305 e. The first-order valence-corrected chi connectivity index (χ1v) is 5.15. The molecular formula is C9H18O3S. The Morgan fingerprint density at radius 3 is 2.46 bits per heavy atom. The van der Waals surface area contributed by atoms with Crippen LogP contribution in [-0.4, -0.2) is 30.5 Å². The summed E-state index contributed by atoms with van der Waals surface area (Å²) >= 11 is 4.07. The normalized spacial score (nSPS) is 13.0. The third-order valence-corrected chi connectivity index (χ3v) is 1.81. The van der Waals surface area contributed by atoms with Crippen molar-refractivity contribution >= 4 is 18.6 Å². The second kappa shape index (κ2) is 7.21. The third-order valence-electron chi connectivity index (χ3n) is 1.41. The van der Waals surface area contributed by atoms with E-state index < -0.39 is 0 Å². The fraction of sp³-hybridized carbons (Fsp3) is 0.889. The number of ether oxygens (including phenoxy) is 2. The van der Waals surface area contributed by atoms with Gasteiger partial charge in [0.25, 0.3) is 0 Å². The van der Waals surface area contributed by atoms with Crippen LogP contribution in [0.15, 0.2) is 0 Å². The van der Waals surface area contributed by atoms with Gasteiger partial charge < -0.3 is 9.47 Å². The van der Waals surface area contributed by atoms with Gasteiger partial charge in [0, 0.05) is 12.2 Å². The van der Waals surface area contributed by atoms with E-state index in [0.29, 0.717) is 18.8 Å². The predicted molar refractivity (Wildman–Crippen MR) is 55.1 cm³/mol. The van der Waals surface area contributed by atoms with Gasteiger partial charge in [0.15, 0.2) is 0 Å². The summed E-state index contributed by atoms with van der Waals surface area (Å²) < 4.78 is 10.4. The highest BCUT2D eigenvalue weighted by atomic mass is 32.1. The lowest BCUT2D eigenvalue weighted by Crippen LogP contribution is -2.26. The first-order valence-electron chi connectivity index (χ1n) is 4.52. The summed E-state index contributed by atoms with van der Waals surface area (Å²) in [5, 5.41) is 0. The van der Waals surface area contributed by atoms with Crippen molar-refractivity contribution < 1.29 is 14.3 Å². The zero-order valence-electron chi connectivity index (χ0n) is 8.45. The molecule has 0 heterocycles. The molecule has 0 N–H and O–H groups in total. The molecule has 0 aliphatic carbocycles. The Labute approximate surface area is 85.2 Å². The van der Waals surface area contributed by atoms with E-state index in [0.717, 1.165) is 0 Å². The molecule has 1 unspecified atom stereocenters. The standard InChI is InChI=1S/C9H18O3S/c1-4-9(10)12-8(6-13)5-11-7(2)3/h7-8,13H,4-6H2,1-3H3. The Bertz CT molecular complexity index is 148. The van der Waals surface area contributed by atoms with Crippen molar-refractivity contribution in [2.45, 2.75) is 39.4 Å². The fourth-order valence-corrected chi connectivity index (χ4v) is 0.873. The van der Waals surface area contributed by atoms with E-state index >= 15 is 0 Å². The van der Waals surface area contributed by atoms with Crippen molar-refractivity contribution in [3.63, 3.8) is 0 Å². The van der Waals surface area contributed by atoms with Crippen molar-refractivity contribution in [2.75, 3.05) is 12.4 Å². The van der Waals surface area contributed by atoms with Gasteiger partial charge in [0.2, 0.25) is 0 Å². The number of carbonyl (C=O) groups excluding carboxylic acids is 1. The van der Waals surface area contributed by atoms with E-state index in [1.54, 1.807) is 6.92 Å². The quantitative estimate of drug-likeness (QED) is 0.530. The SMILES string of the molecule is CCC(=O)OC(CS)COC(C)C. The molecule has 0 aromatic rings. The lowest BCUT2D eigenvalue weighted by Gasteiger charge is -2.16. The summed E-state index contributed by atoms with van der Waals surface area (Å²) in [5.74, 6) is 0.296. The van der Waals surface area contributed by atoms with E-state index in [9.17, 15) is 4.79 Å². The molecule has 0 radical (unpaired) electrons. The number of esters is 1. The molecule has 78 valence electrons. The first-order chi connectivity index (χ1) is 6.10. The van der Waals surface area contributed by atoms with Gasteiger partial charge in [0.1, 0.15) is 6.10 Å². The van der Waals surface area contributed by atoms with Crippen LogP contribution in [-0.2, 0) is 14.3 Å². The van der Waals surface area contributed by atoms with Crippen LogP contribution >= 0.6 is 12.6 Å². The number of hydrogen-bond donors (Lipinski definition) is 1. The van der Waals surface area contributed by atoms with Gasteiger partial charge in [-0.05, 0) is 13.8 Å². The minimum absolute atomic E-state index is 0.155. The van der Waals surface area contributed by atoms with Gasteiger partial charge in [-0.15, -0.1) is 0 Å². The van der Waals surface area contributed by atoms with Gasteiger partial charge in [0.05, 0.1) is 12.7 Å². The van der Waals surface area contributed by atoms with Crippen LogP contribution in [0, 0.1) is 0 Å². The largest absolute Gasteiger partial charge is 0.459 e. The molecule has 0 rings (SSSR count). The molecule has 0 bridgehead atoms. The summed E-state index contributed by atoms with van der Waals surface area (Å²) in [4.78, 5) is 10.9. The van der Waals surface area contributed by atoms with Crippen LogP contribution in [0.4, 0.5) is 0 Å². The minimum atomic E-state index is -0.224. The molecule has 0 spiro atoms. The van der Waals surface area contributed by atoms with Crippen LogP contribution in [0.1, 0.15) is 27.2 Å². The molecule has 0 aromatic carbocycles. The molecule has 0 amide bonds. The topological polar surface area (TPSA) is 35.5 Å². The number of thiol groups is 1. The fourth-order valence-electron chi connectivity index (χ4n) is 0.693. The van der Waals surface area contributed by atoms with Gasteiger partial charge in [-0.1, -0.05) is 6.92 Å². The highest BCUT2D eigenvalue weighted by Gasteiger charge is 2.12. The highest BCUT2D eigenvalue weighted by molar-refractivity contribution is 7.80. The van der Waals surface area contributed by atoms with E-state index in [4.69, 9.17) is 9.47 Å². The van der Waals surface area contributed by atoms with Crippen LogP contribution in [0.2, 0.25) is 0 Å². The summed E-state index contributed by atoms with van der Waals surface area (Å²) in [7, 11) is 0. The zero-order chi connectivity index (χ0) is 10.3.